The SMILES string of the molecule is Cc1ccc(N2CC(O)CC2CO)cc1C(F)(F)F. The first-order valence-electron chi connectivity index (χ1n) is 6.06. The number of nitrogens with zero attached hydrogens (tertiary/aromatic N) is 1. The zero-order chi connectivity index (χ0) is 14.2. The van der Waals surface area contributed by atoms with Crippen molar-refractivity contribution in [2.75, 3.05) is 18.1 Å². The van der Waals surface area contributed by atoms with Crippen LogP contribution in [0.4, 0.5) is 18.9 Å². The van der Waals surface area contributed by atoms with E-state index in [0.717, 1.165) is 6.07 Å². The second-order valence-electron chi connectivity index (χ2n) is 4.88. The van der Waals surface area contributed by atoms with E-state index in [2.05, 4.69) is 0 Å². The second kappa shape index (κ2) is 5.02. The van der Waals surface area contributed by atoms with Crippen LogP contribution in [-0.2, 0) is 6.18 Å². The van der Waals surface area contributed by atoms with Crippen LogP contribution in [0.5, 0.6) is 0 Å². The molecule has 2 unspecified atom stereocenters. The number of hydrogen-bond donors (Lipinski definition) is 2. The molecule has 0 aliphatic carbocycles. The van der Waals surface area contributed by atoms with Gasteiger partial charge in [-0.3, -0.25) is 0 Å². The minimum Gasteiger partial charge on any atom is -0.394 e. The van der Waals surface area contributed by atoms with Crippen LogP contribution in [0.2, 0.25) is 0 Å². The summed E-state index contributed by atoms with van der Waals surface area (Å²) in [4.78, 5) is 1.62. The van der Waals surface area contributed by atoms with Gasteiger partial charge in [-0.2, -0.15) is 13.2 Å². The van der Waals surface area contributed by atoms with E-state index in [0.29, 0.717) is 12.1 Å². The maximum absolute atomic E-state index is 12.9. The molecule has 0 amide bonds. The monoisotopic (exact) mass is 275 g/mol. The normalized spacial score (nSPS) is 24.0. The summed E-state index contributed by atoms with van der Waals surface area (Å²) >= 11 is 0. The molecule has 0 aromatic heterocycles. The molecule has 106 valence electrons. The molecule has 0 spiro atoms. The highest BCUT2D eigenvalue weighted by molar-refractivity contribution is 5.53. The van der Waals surface area contributed by atoms with Crippen LogP contribution in [0.25, 0.3) is 0 Å². The van der Waals surface area contributed by atoms with Crippen molar-refractivity contribution in [2.24, 2.45) is 0 Å². The minimum atomic E-state index is -4.40. The van der Waals surface area contributed by atoms with Crippen LogP contribution in [0.15, 0.2) is 18.2 Å². The third kappa shape index (κ3) is 2.84. The van der Waals surface area contributed by atoms with Crippen molar-refractivity contribution in [1.82, 2.24) is 0 Å². The summed E-state index contributed by atoms with van der Waals surface area (Å²) in [6.07, 6.45) is -4.65. The third-order valence-corrected chi connectivity index (χ3v) is 3.46. The predicted octanol–water partition coefficient (Wildman–Crippen LogP) is 1.95. The third-order valence-electron chi connectivity index (χ3n) is 3.46. The van der Waals surface area contributed by atoms with Crippen molar-refractivity contribution in [2.45, 2.75) is 31.7 Å². The topological polar surface area (TPSA) is 43.7 Å². The van der Waals surface area contributed by atoms with Crippen molar-refractivity contribution < 1.29 is 23.4 Å². The van der Waals surface area contributed by atoms with Gasteiger partial charge in [0.15, 0.2) is 0 Å². The van der Waals surface area contributed by atoms with Gasteiger partial charge in [0, 0.05) is 12.2 Å². The fourth-order valence-corrected chi connectivity index (χ4v) is 2.48. The van der Waals surface area contributed by atoms with Crippen LogP contribution in [-0.4, -0.2) is 35.5 Å². The molecular weight excluding hydrogens is 259 g/mol. The molecule has 1 aromatic rings. The number of anilines is 1. The molecule has 19 heavy (non-hydrogen) atoms. The second-order valence-corrected chi connectivity index (χ2v) is 4.88. The lowest BCUT2D eigenvalue weighted by Gasteiger charge is -2.26. The van der Waals surface area contributed by atoms with Crippen LogP contribution < -0.4 is 4.90 Å². The van der Waals surface area contributed by atoms with E-state index in [4.69, 9.17) is 0 Å². The Kier molecular flexibility index (Phi) is 3.73. The summed E-state index contributed by atoms with van der Waals surface area (Å²) in [5.41, 5.74) is -0.131. The summed E-state index contributed by atoms with van der Waals surface area (Å²) < 4.78 is 38.6. The number of β-amino-alcohol motifs (C(OH)–C–C–N with tert-alkyl or cyclic N) is 1. The molecule has 1 saturated heterocycles. The Bertz CT molecular complexity index is 462. The number of aryl methyl sites for hydroxylation is 1. The Morgan fingerprint density at radius 1 is 1.37 bits per heavy atom. The Morgan fingerprint density at radius 3 is 2.63 bits per heavy atom. The van der Waals surface area contributed by atoms with Crippen molar-refractivity contribution in [1.29, 1.82) is 0 Å². The van der Waals surface area contributed by atoms with Crippen LogP contribution >= 0.6 is 0 Å². The summed E-state index contributed by atoms with van der Waals surface area (Å²) in [5, 5.41) is 18.8. The zero-order valence-electron chi connectivity index (χ0n) is 10.5. The average Bonchev–Trinajstić information content (AvgIpc) is 2.69. The van der Waals surface area contributed by atoms with E-state index >= 15 is 0 Å². The van der Waals surface area contributed by atoms with Crippen LogP contribution in [0.3, 0.4) is 0 Å². The van der Waals surface area contributed by atoms with Crippen molar-refractivity contribution in [3.8, 4) is 0 Å². The van der Waals surface area contributed by atoms with Crippen molar-refractivity contribution in [3.63, 3.8) is 0 Å². The number of halogens is 3. The molecule has 2 N–H and O–H groups in total. The molecule has 0 bridgehead atoms. The van der Waals surface area contributed by atoms with E-state index in [1.807, 2.05) is 0 Å². The number of benzene rings is 1. The molecule has 1 aromatic carbocycles. The Balaban J connectivity index is 2.36. The molecule has 1 aliphatic rings. The summed E-state index contributed by atoms with van der Waals surface area (Å²) in [6.45, 7) is 1.47. The highest BCUT2D eigenvalue weighted by Crippen LogP contribution is 2.35. The number of rotatable bonds is 2. The van der Waals surface area contributed by atoms with E-state index in [1.54, 1.807) is 11.0 Å². The number of aliphatic hydroxyl groups is 2. The Labute approximate surface area is 109 Å². The van der Waals surface area contributed by atoms with Gasteiger partial charge in [0.1, 0.15) is 0 Å². The van der Waals surface area contributed by atoms with Gasteiger partial charge in [-0.25, -0.2) is 0 Å². The van der Waals surface area contributed by atoms with E-state index in [-0.39, 0.29) is 24.8 Å². The maximum Gasteiger partial charge on any atom is 0.416 e. The summed E-state index contributed by atoms with van der Waals surface area (Å²) in [7, 11) is 0. The van der Waals surface area contributed by atoms with Gasteiger partial charge >= 0.3 is 6.18 Å². The molecule has 1 fully saturated rings. The number of aliphatic hydroxyl groups excluding tert-OH is 2. The van der Waals surface area contributed by atoms with Gasteiger partial charge in [0.25, 0.3) is 0 Å². The van der Waals surface area contributed by atoms with E-state index in [9.17, 15) is 23.4 Å². The van der Waals surface area contributed by atoms with Gasteiger partial charge in [-0.05, 0) is 31.0 Å². The van der Waals surface area contributed by atoms with E-state index in [1.165, 1.54) is 13.0 Å². The van der Waals surface area contributed by atoms with E-state index < -0.39 is 17.8 Å². The lowest BCUT2D eigenvalue weighted by Crippen LogP contribution is -2.32. The van der Waals surface area contributed by atoms with Crippen molar-refractivity contribution in [3.05, 3.63) is 29.3 Å². The fraction of sp³-hybridized carbons (Fsp3) is 0.538. The predicted molar refractivity (Wildman–Crippen MR) is 65.0 cm³/mol. The first kappa shape index (κ1) is 14.1. The summed E-state index contributed by atoms with van der Waals surface area (Å²) in [5.74, 6) is 0. The lowest BCUT2D eigenvalue weighted by molar-refractivity contribution is -0.138. The van der Waals surface area contributed by atoms with Crippen LogP contribution in [0.1, 0.15) is 17.5 Å². The standard InChI is InChI=1S/C13H16F3NO2/c1-8-2-3-9(5-12(8)13(14,15)16)17-6-11(19)4-10(17)7-18/h2-3,5,10-11,18-19H,4,6-7H2,1H3. The molecule has 3 nitrogen and oxygen atoms in total. The van der Waals surface area contributed by atoms with Gasteiger partial charge in [0.2, 0.25) is 0 Å². The first-order chi connectivity index (χ1) is 8.82. The average molecular weight is 275 g/mol. The number of alkyl halides is 3. The highest BCUT2D eigenvalue weighted by atomic mass is 19.4. The molecule has 1 aliphatic heterocycles. The zero-order valence-corrected chi connectivity index (χ0v) is 10.5. The number of hydrogen-bond acceptors (Lipinski definition) is 3. The molecule has 2 rings (SSSR count). The van der Waals surface area contributed by atoms with Gasteiger partial charge in [0.05, 0.1) is 24.3 Å². The first-order valence-corrected chi connectivity index (χ1v) is 6.06. The van der Waals surface area contributed by atoms with Gasteiger partial charge in [-0.15, -0.1) is 0 Å². The molecule has 2 atom stereocenters. The molecular formula is C13H16F3NO2. The summed E-state index contributed by atoms with van der Waals surface area (Å²) in [6, 6.07) is 3.75. The van der Waals surface area contributed by atoms with Gasteiger partial charge < -0.3 is 15.1 Å². The maximum atomic E-state index is 12.9. The molecule has 1 heterocycles. The minimum absolute atomic E-state index is 0.163. The Hall–Kier alpha value is -1.27. The smallest absolute Gasteiger partial charge is 0.394 e. The lowest BCUT2D eigenvalue weighted by atomic mass is 10.1. The van der Waals surface area contributed by atoms with Crippen molar-refractivity contribution >= 4 is 5.69 Å². The quantitative estimate of drug-likeness (QED) is 0.867. The molecule has 0 saturated carbocycles. The Morgan fingerprint density at radius 2 is 2.05 bits per heavy atom. The largest absolute Gasteiger partial charge is 0.416 e. The van der Waals surface area contributed by atoms with Gasteiger partial charge in [-0.1, -0.05) is 6.07 Å². The molecule has 6 heteroatoms. The molecule has 0 radical (unpaired) electrons. The highest BCUT2D eigenvalue weighted by Gasteiger charge is 2.35. The van der Waals surface area contributed by atoms with Crippen LogP contribution in [0, 0.1) is 6.92 Å². The fourth-order valence-electron chi connectivity index (χ4n) is 2.48.